The first-order valence-electron chi connectivity index (χ1n) is 10.3. The third-order valence-electron chi connectivity index (χ3n) is 5.90. The van der Waals surface area contributed by atoms with E-state index in [1.54, 1.807) is 23.1 Å². The zero-order valence-corrected chi connectivity index (χ0v) is 17.3. The van der Waals surface area contributed by atoms with Crippen LogP contribution in [0, 0.1) is 17.2 Å². The van der Waals surface area contributed by atoms with Crippen LogP contribution >= 0.6 is 0 Å². The summed E-state index contributed by atoms with van der Waals surface area (Å²) in [5.74, 6) is 0.109. The van der Waals surface area contributed by atoms with Crippen LogP contribution in [0.25, 0.3) is 0 Å². The lowest BCUT2D eigenvalue weighted by Gasteiger charge is -2.47. The number of Topliss-reactive ketones (excluding diaryl/α,β-unsaturated/α-hetero) is 1. The van der Waals surface area contributed by atoms with Gasteiger partial charge < -0.3 is 14.2 Å². The monoisotopic (exact) mass is 420 g/mol. The molecule has 2 aliphatic rings. The Bertz CT molecular complexity index is 987. The summed E-state index contributed by atoms with van der Waals surface area (Å²) in [7, 11) is 1.51. The van der Waals surface area contributed by atoms with E-state index in [1.807, 2.05) is 30.3 Å². The van der Waals surface area contributed by atoms with Crippen molar-refractivity contribution in [1.29, 1.82) is 5.26 Å². The predicted molar refractivity (Wildman–Crippen MR) is 112 cm³/mol. The maximum Gasteiger partial charge on any atom is 0.410 e. The molecule has 7 nitrogen and oxygen atoms in total. The molecule has 31 heavy (non-hydrogen) atoms. The Morgan fingerprint density at radius 3 is 2.48 bits per heavy atom. The summed E-state index contributed by atoms with van der Waals surface area (Å²) in [6.45, 7) is 0.948. The standard InChI is InChI=1S/C24H24N2O5/c1-29-22-8-7-17(12-25)9-21(22)23(27)18-10-19-14-30-15-20(11-18)26(19)24(28)31-13-16-5-3-2-4-6-16/h2-9,18-20H,10-11,13-15H2,1H3. The van der Waals surface area contributed by atoms with E-state index < -0.39 is 0 Å². The topological polar surface area (TPSA) is 88.9 Å². The van der Waals surface area contributed by atoms with Crippen molar-refractivity contribution in [1.82, 2.24) is 4.90 Å². The average molecular weight is 420 g/mol. The first-order valence-corrected chi connectivity index (χ1v) is 10.3. The fraction of sp³-hybridized carbons (Fsp3) is 0.375. The molecule has 0 radical (unpaired) electrons. The number of piperidine rings is 1. The first kappa shape index (κ1) is 20.9. The van der Waals surface area contributed by atoms with Crippen LogP contribution in [0.4, 0.5) is 4.79 Å². The van der Waals surface area contributed by atoms with Crippen molar-refractivity contribution in [3.8, 4) is 11.8 Å². The Kier molecular flexibility index (Phi) is 6.19. The predicted octanol–water partition coefficient (Wildman–Crippen LogP) is 3.57. The average Bonchev–Trinajstić information content (AvgIpc) is 2.81. The zero-order valence-electron chi connectivity index (χ0n) is 17.3. The normalized spacial score (nSPS) is 22.3. The molecule has 0 aromatic heterocycles. The van der Waals surface area contributed by atoms with Crippen molar-refractivity contribution >= 4 is 11.9 Å². The second-order valence-corrected chi connectivity index (χ2v) is 7.85. The number of carbonyl (C=O) groups is 2. The van der Waals surface area contributed by atoms with Gasteiger partial charge in [-0.05, 0) is 36.6 Å². The Morgan fingerprint density at radius 1 is 1.13 bits per heavy atom. The Labute approximate surface area is 181 Å². The summed E-state index contributed by atoms with van der Waals surface area (Å²) in [4.78, 5) is 27.9. The lowest BCUT2D eigenvalue weighted by Crippen LogP contribution is -2.59. The minimum absolute atomic E-state index is 0.0665. The van der Waals surface area contributed by atoms with Gasteiger partial charge in [0.15, 0.2) is 5.78 Å². The van der Waals surface area contributed by atoms with E-state index in [2.05, 4.69) is 6.07 Å². The molecule has 0 spiro atoms. The maximum atomic E-state index is 13.3. The van der Waals surface area contributed by atoms with Crippen molar-refractivity contribution in [2.75, 3.05) is 20.3 Å². The Morgan fingerprint density at radius 2 is 1.84 bits per heavy atom. The molecule has 0 saturated carbocycles. The van der Waals surface area contributed by atoms with E-state index in [4.69, 9.17) is 14.2 Å². The molecule has 2 fully saturated rings. The molecule has 2 aromatic rings. The summed E-state index contributed by atoms with van der Waals surface area (Å²) in [6.07, 6.45) is 0.586. The van der Waals surface area contributed by atoms with Gasteiger partial charge in [0.05, 0.1) is 49.6 Å². The minimum Gasteiger partial charge on any atom is -0.496 e. The van der Waals surface area contributed by atoms with E-state index in [0.29, 0.717) is 42.9 Å². The second-order valence-electron chi connectivity index (χ2n) is 7.85. The molecule has 2 atom stereocenters. The molecule has 2 heterocycles. The molecule has 1 amide bonds. The number of methoxy groups -OCH3 is 1. The third kappa shape index (κ3) is 4.39. The van der Waals surface area contributed by atoms with Gasteiger partial charge in [-0.15, -0.1) is 0 Å². The molecule has 2 aliphatic heterocycles. The lowest BCUT2D eigenvalue weighted by atomic mass is 9.80. The SMILES string of the molecule is COc1ccc(C#N)cc1C(=O)C1CC2COCC(C1)N2C(=O)OCc1ccccc1. The van der Waals surface area contributed by atoms with Crippen LogP contribution < -0.4 is 4.74 Å². The fourth-order valence-corrected chi connectivity index (χ4v) is 4.41. The number of fused-ring (bicyclic) bond motifs is 2. The van der Waals surface area contributed by atoms with Crippen LogP contribution in [0.1, 0.15) is 34.3 Å². The van der Waals surface area contributed by atoms with Crippen LogP contribution in [0.3, 0.4) is 0 Å². The van der Waals surface area contributed by atoms with Crippen molar-refractivity contribution < 1.29 is 23.8 Å². The van der Waals surface area contributed by atoms with Gasteiger partial charge in [0.25, 0.3) is 0 Å². The molecule has 2 saturated heterocycles. The summed E-state index contributed by atoms with van der Waals surface area (Å²) in [6, 6.07) is 16.0. The third-order valence-corrected chi connectivity index (χ3v) is 5.90. The number of amides is 1. The van der Waals surface area contributed by atoms with Crippen LogP contribution in [0.5, 0.6) is 5.75 Å². The molecular weight excluding hydrogens is 396 g/mol. The van der Waals surface area contributed by atoms with Crippen LogP contribution in [-0.4, -0.2) is 49.2 Å². The highest BCUT2D eigenvalue weighted by atomic mass is 16.6. The fourth-order valence-electron chi connectivity index (χ4n) is 4.41. The van der Waals surface area contributed by atoms with E-state index in [1.165, 1.54) is 7.11 Å². The van der Waals surface area contributed by atoms with Gasteiger partial charge in [0.2, 0.25) is 0 Å². The van der Waals surface area contributed by atoms with Crippen molar-refractivity contribution in [3.05, 3.63) is 65.2 Å². The van der Waals surface area contributed by atoms with Gasteiger partial charge in [-0.3, -0.25) is 9.69 Å². The highest BCUT2D eigenvalue weighted by molar-refractivity contribution is 6.00. The Balaban J connectivity index is 1.48. The van der Waals surface area contributed by atoms with Crippen LogP contribution in [0.15, 0.2) is 48.5 Å². The lowest BCUT2D eigenvalue weighted by molar-refractivity contribution is -0.0755. The highest BCUT2D eigenvalue weighted by Gasteiger charge is 2.44. The number of ketones is 1. The van der Waals surface area contributed by atoms with E-state index >= 15 is 0 Å². The number of nitriles is 1. The molecule has 2 bridgehead atoms. The number of hydrogen-bond acceptors (Lipinski definition) is 6. The van der Waals surface area contributed by atoms with E-state index in [-0.39, 0.29) is 36.5 Å². The number of benzene rings is 2. The summed E-state index contributed by atoms with van der Waals surface area (Å²) >= 11 is 0. The second kappa shape index (κ2) is 9.19. The minimum atomic E-state index is -0.378. The van der Waals surface area contributed by atoms with Crippen LogP contribution in [-0.2, 0) is 16.1 Å². The molecule has 4 rings (SSSR count). The largest absolute Gasteiger partial charge is 0.496 e. The molecule has 2 aromatic carbocycles. The quantitative estimate of drug-likeness (QED) is 0.687. The zero-order chi connectivity index (χ0) is 21.8. The smallest absolute Gasteiger partial charge is 0.410 e. The van der Waals surface area contributed by atoms with Gasteiger partial charge in [-0.25, -0.2) is 4.79 Å². The number of hydrogen-bond donors (Lipinski definition) is 0. The summed E-state index contributed by atoms with van der Waals surface area (Å²) < 4.78 is 16.6. The van der Waals surface area contributed by atoms with Crippen molar-refractivity contribution in [3.63, 3.8) is 0 Å². The molecule has 160 valence electrons. The first-order chi connectivity index (χ1) is 15.1. The Hall–Kier alpha value is -3.37. The van der Waals surface area contributed by atoms with Crippen LogP contribution in [0.2, 0.25) is 0 Å². The van der Waals surface area contributed by atoms with Gasteiger partial charge in [0.1, 0.15) is 12.4 Å². The number of morpholine rings is 1. The maximum absolute atomic E-state index is 13.3. The van der Waals surface area contributed by atoms with Gasteiger partial charge in [0, 0.05) is 5.92 Å². The summed E-state index contributed by atoms with van der Waals surface area (Å²) in [5, 5.41) is 9.20. The van der Waals surface area contributed by atoms with Gasteiger partial charge >= 0.3 is 6.09 Å². The highest BCUT2D eigenvalue weighted by Crippen LogP contribution is 2.36. The van der Waals surface area contributed by atoms with Gasteiger partial charge in [-0.1, -0.05) is 30.3 Å². The summed E-state index contributed by atoms with van der Waals surface area (Å²) in [5.41, 5.74) is 1.74. The molecule has 0 N–H and O–H groups in total. The molecule has 0 aliphatic carbocycles. The van der Waals surface area contributed by atoms with E-state index in [9.17, 15) is 14.9 Å². The number of carbonyl (C=O) groups excluding carboxylic acids is 2. The van der Waals surface area contributed by atoms with Crippen molar-refractivity contribution in [2.45, 2.75) is 31.5 Å². The number of rotatable bonds is 5. The molecular formula is C24H24N2O5. The van der Waals surface area contributed by atoms with E-state index in [0.717, 1.165) is 5.56 Å². The van der Waals surface area contributed by atoms with Crippen molar-refractivity contribution in [2.24, 2.45) is 5.92 Å². The van der Waals surface area contributed by atoms with Gasteiger partial charge in [-0.2, -0.15) is 5.26 Å². The molecule has 2 unspecified atom stereocenters. The number of nitrogens with zero attached hydrogens (tertiary/aromatic N) is 2. The molecule has 7 heteroatoms. The number of ether oxygens (including phenoxy) is 3.